The van der Waals surface area contributed by atoms with E-state index >= 15 is 0 Å². The van der Waals surface area contributed by atoms with Crippen LogP contribution < -0.4 is 5.73 Å². The number of hydrogen-bond donors (Lipinski definition) is 3. The molecule has 1 aromatic carbocycles. The SMILES string of the molecule is NC(=O)C[C@H]1CC2(O)C3Cc4ccc(O)cc4[C@@]2(CCN3CC2CC2)CC1=O. The largest absolute Gasteiger partial charge is 0.508 e. The maximum absolute atomic E-state index is 13.0. The number of nitrogens with zero attached hydrogens (tertiary/aromatic N) is 1. The van der Waals surface area contributed by atoms with Gasteiger partial charge in [0, 0.05) is 36.8 Å². The van der Waals surface area contributed by atoms with E-state index in [2.05, 4.69) is 4.90 Å². The molecule has 0 radical (unpaired) electrons. The number of nitrogens with two attached hydrogens (primary N) is 1. The molecule has 0 aromatic heterocycles. The van der Waals surface area contributed by atoms with Crippen LogP contribution in [0.25, 0.3) is 0 Å². The summed E-state index contributed by atoms with van der Waals surface area (Å²) < 4.78 is 0. The lowest BCUT2D eigenvalue weighted by molar-refractivity contribution is -0.182. The topological polar surface area (TPSA) is 104 Å². The molecule has 1 saturated heterocycles. The number of carbonyl (C=O) groups excluding carboxylic acids is 2. The number of piperidine rings is 1. The Morgan fingerprint density at radius 1 is 1.32 bits per heavy atom. The van der Waals surface area contributed by atoms with Crippen molar-refractivity contribution in [3.8, 4) is 5.75 Å². The Morgan fingerprint density at radius 3 is 2.82 bits per heavy atom. The minimum atomic E-state index is -1.09. The van der Waals surface area contributed by atoms with Crippen molar-refractivity contribution in [2.24, 2.45) is 17.6 Å². The molecule has 3 aliphatic carbocycles. The van der Waals surface area contributed by atoms with E-state index in [0.29, 0.717) is 18.8 Å². The van der Waals surface area contributed by atoms with E-state index in [1.54, 1.807) is 12.1 Å². The second-order valence-electron chi connectivity index (χ2n) is 9.47. The lowest BCUT2D eigenvalue weighted by Crippen LogP contribution is -2.74. The molecule has 2 bridgehead atoms. The molecule has 4 aliphatic rings. The third-order valence-corrected chi connectivity index (χ3v) is 7.79. The van der Waals surface area contributed by atoms with Crippen molar-refractivity contribution in [3.63, 3.8) is 0 Å². The molecule has 150 valence electrons. The summed E-state index contributed by atoms with van der Waals surface area (Å²) in [6, 6.07) is 5.32. The number of rotatable bonds is 4. The second kappa shape index (κ2) is 6.04. The summed E-state index contributed by atoms with van der Waals surface area (Å²) in [4.78, 5) is 26.9. The number of fused-ring (bicyclic) bond motifs is 1. The van der Waals surface area contributed by atoms with Crippen molar-refractivity contribution in [2.75, 3.05) is 13.1 Å². The molecule has 3 fully saturated rings. The Balaban J connectivity index is 1.61. The Morgan fingerprint density at radius 2 is 2.11 bits per heavy atom. The molecule has 1 aliphatic heterocycles. The molecule has 1 aromatic rings. The van der Waals surface area contributed by atoms with Crippen molar-refractivity contribution in [2.45, 2.75) is 62.0 Å². The van der Waals surface area contributed by atoms with Gasteiger partial charge in [-0.25, -0.2) is 0 Å². The predicted octanol–water partition coefficient (Wildman–Crippen LogP) is 1.26. The Kier molecular flexibility index (Phi) is 3.91. The van der Waals surface area contributed by atoms with Gasteiger partial charge in [0.05, 0.1) is 5.60 Å². The molecule has 2 saturated carbocycles. The first-order chi connectivity index (χ1) is 13.3. The number of ketones is 1. The van der Waals surface area contributed by atoms with Crippen LogP contribution in [0.4, 0.5) is 0 Å². The molecule has 6 heteroatoms. The summed E-state index contributed by atoms with van der Waals surface area (Å²) in [5, 5.41) is 22.3. The molecule has 0 spiro atoms. The third kappa shape index (κ3) is 2.54. The van der Waals surface area contributed by atoms with Crippen LogP contribution in [0, 0.1) is 11.8 Å². The van der Waals surface area contributed by atoms with Gasteiger partial charge in [0.15, 0.2) is 0 Å². The molecule has 4 atom stereocenters. The first-order valence-corrected chi connectivity index (χ1v) is 10.4. The Bertz CT molecular complexity index is 851. The number of amides is 1. The van der Waals surface area contributed by atoms with Crippen LogP contribution in [0.5, 0.6) is 5.75 Å². The molecule has 28 heavy (non-hydrogen) atoms. The number of hydrogen-bond acceptors (Lipinski definition) is 5. The van der Waals surface area contributed by atoms with Gasteiger partial charge in [-0.15, -0.1) is 0 Å². The van der Waals surface area contributed by atoms with Crippen molar-refractivity contribution in [3.05, 3.63) is 29.3 Å². The summed E-state index contributed by atoms with van der Waals surface area (Å²) in [7, 11) is 0. The van der Waals surface area contributed by atoms with Crippen LogP contribution >= 0.6 is 0 Å². The quantitative estimate of drug-likeness (QED) is 0.725. The van der Waals surface area contributed by atoms with E-state index < -0.39 is 22.8 Å². The maximum Gasteiger partial charge on any atom is 0.218 e. The molecule has 1 heterocycles. The zero-order chi connectivity index (χ0) is 19.7. The van der Waals surface area contributed by atoms with Gasteiger partial charge >= 0.3 is 0 Å². The van der Waals surface area contributed by atoms with Gasteiger partial charge in [-0.3, -0.25) is 14.5 Å². The van der Waals surface area contributed by atoms with Gasteiger partial charge in [-0.05, 0) is 67.8 Å². The number of primary amides is 1. The fraction of sp³-hybridized carbons (Fsp3) is 0.636. The van der Waals surface area contributed by atoms with Crippen LogP contribution in [-0.4, -0.2) is 51.5 Å². The van der Waals surface area contributed by atoms with Crippen LogP contribution in [0.3, 0.4) is 0 Å². The fourth-order valence-corrected chi connectivity index (χ4v) is 6.27. The smallest absolute Gasteiger partial charge is 0.218 e. The molecule has 4 N–H and O–H groups in total. The molecular weight excluding hydrogens is 356 g/mol. The second-order valence-corrected chi connectivity index (χ2v) is 9.47. The van der Waals surface area contributed by atoms with Crippen molar-refractivity contribution in [1.29, 1.82) is 0 Å². The summed E-state index contributed by atoms with van der Waals surface area (Å²) in [6.45, 7) is 1.84. The van der Waals surface area contributed by atoms with Gasteiger partial charge in [0.25, 0.3) is 0 Å². The van der Waals surface area contributed by atoms with Gasteiger partial charge in [-0.1, -0.05) is 6.07 Å². The van der Waals surface area contributed by atoms with E-state index in [1.807, 2.05) is 6.07 Å². The first-order valence-electron chi connectivity index (χ1n) is 10.4. The summed E-state index contributed by atoms with van der Waals surface area (Å²) in [5.41, 5.74) is 5.66. The van der Waals surface area contributed by atoms with Gasteiger partial charge in [0.1, 0.15) is 11.5 Å². The number of carbonyl (C=O) groups is 2. The maximum atomic E-state index is 13.0. The minimum absolute atomic E-state index is 0.000531. The first kappa shape index (κ1) is 18.1. The highest BCUT2D eigenvalue weighted by Crippen LogP contribution is 2.59. The number of aromatic hydroxyl groups is 1. The minimum Gasteiger partial charge on any atom is -0.508 e. The average molecular weight is 384 g/mol. The lowest BCUT2D eigenvalue weighted by Gasteiger charge is -2.64. The number of benzene rings is 1. The predicted molar refractivity (Wildman–Crippen MR) is 103 cm³/mol. The highest BCUT2D eigenvalue weighted by molar-refractivity contribution is 5.89. The Labute approximate surface area is 164 Å². The normalized spacial score (nSPS) is 37.2. The number of phenols is 1. The van der Waals surface area contributed by atoms with E-state index in [4.69, 9.17) is 5.73 Å². The van der Waals surface area contributed by atoms with E-state index in [1.165, 1.54) is 12.8 Å². The highest BCUT2D eigenvalue weighted by Gasteiger charge is 2.66. The molecule has 6 nitrogen and oxygen atoms in total. The zero-order valence-electron chi connectivity index (χ0n) is 16.1. The van der Waals surface area contributed by atoms with Crippen molar-refractivity contribution >= 4 is 11.7 Å². The molecule has 2 unspecified atom stereocenters. The molecule has 1 amide bonds. The van der Waals surface area contributed by atoms with Gasteiger partial charge in [-0.2, -0.15) is 0 Å². The van der Waals surface area contributed by atoms with Crippen LogP contribution in [0.15, 0.2) is 18.2 Å². The number of aliphatic hydroxyl groups is 1. The summed E-state index contributed by atoms with van der Waals surface area (Å²) in [6.07, 6.45) is 4.39. The van der Waals surface area contributed by atoms with E-state index in [0.717, 1.165) is 24.2 Å². The average Bonchev–Trinajstić information content (AvgIpc) is 3.43. The van der Waals surface area contributed by atoms with Gasteiger partial charge < -0.3 is 15.9 Å². The van der Waals surface area contributed by atoms with Crippen LogP contribution in [0.1, 0.15) is 49.7 Å². The monoisotopic (exact) mass is 384 g/mol. The standard InChI is InChI=1S/C22H28N2O4/c23-20(27)8-15-10-22(28)19-7-14-3-4-16(25)9-17(14)21(22,11-18(15)26)5-6-24(19)12-13-1-2-13/h3-4,9,13,15,19,25,28H,1-2,5-8,10-12H2,(H2,23,27)/t15-,19?,21+,22?/m0/s1. The lowest BCUT2D eigenvalue weighted by atomic mass is 9.47. The number of Topliss-reactive ketones (excluding diaryl/α,β-unsaturated/α-hetero) is 1. The van der Waals surface area contributed by atoms with Crippen LogP contribution in [-0.2, 0) is 21.4 Å². The molecule has 5 rings (SSSR count). The van der Waals surface area contributed by atoms with E-state index in [9.17, 15) is 19.8 Å². The number of phenolic OH excluding ortho intramolecular Hbond substituents is 1. The van der Waals surface area contributed by atoms with Crippen molar-refractivity contribution < 1.29 is 19.8 Å². The third-order valence-electron chi connectivity index (χ3n) is 7.79. The van der Waals surface area contributed by atoms with Gasteiger partial charge in [0.2, 0.25) is 5.91 Å². The van der Waals surface area contributed by atoms with Crippen LogP contribution in [0.2, 0.25) is 0 Å². The highest BCUT2D eigenvalue weighted by atomic mass is 16.3. The summed E-state index contributed by atoms with van der Waals surface area (Å²) in [5.74, 6) is -0.122. The fourth-order valence-electron chi connectivity index (χ4n) is 6.27. The molecular formula is C22H28N2O4. The van der Waals surface area contributed by atoms with Crippen molar-refractivity contribution in [1.82, 2.24) is 4.90 Å². The zero-order valence-corrected chi connectivity index (χ0v) is 16.1. The summed E-state index contributed by atoms with van der Waals surface area (Å²) >= 11 is 0. The number of likely N-dealkylation sites (tertiary alicyclic amines) is 1. The van der Waals surface area contributed by atoms with E-state index in [-0.39, 0.29) is 36.8 Å². The Hall–Kier alpha value is -1.92.